The molecule has 0 aromatic carbocycles. The van der Waals surface area contributed by atoms with Crippen LogP contribution in [0, 0.1) is 0 Å². The van der Waals surface area contributed by atoms with Crippen LogP contribution < -0.4 is 4.74 Å². The third kappa shape index (κ3) is 4.09. The van der Waals surface area contributed by atoms with E-state index in [2.05, 4.69) is 19.7 Å². The smallest absolute Gasteiger partial charge is 0.422 e. The predicted octanol–water partition coefficient (Wildman–Crippen LogP) is 3.20. The van der Waals surface area contributed by atoms with Crippen LogP contribution in [-0.4, -0.2) is 34.0 Å². The van der Waals surface area contributed by atoms with Crippen LogP contribution in [0.25, 0.3) is 11.4 Å². The van der Waals surface area contributed by atoms with Gasteiger partial charge in [-0.1, -0.05) is 11.8 Å². The maximum Gasteiger partial charge on any atom is 0.422 e. The average molecular weight is 301 g/mol. The van der Waals surface area contributed by atoms with Gasteiger partial charge < -0.3 is 4.74 Å². The molecule has 4 nitrogen and oxygen atoms in total. The Morgan fingerprint density at radius 2 is 1.90 bits per heavy atom. The van der Waals surface area contributed by atoms with Crippen molar-refractivity contribution in [3.05, 3.63) is 30.6 Å². The van der Waals surface area contributed by atoms with Crippen molar-refractivity contribution in [1.29, 1.82) is 0 Å². The Morgan fingerprint density at radius 3 is 2.60 bits per heavy atom. The monoisotopic (exact) mass is 301 g/mol. The van der Waals surface area contributed by atoms with Crippen LogP contribution in [-0.2, 0) is 0 Å². The zero-order chi connectivity index (χ0) is 14.6. The molecule has 0 saturated heterocycles. The van der Waals surface area contributed by atoms with Crippen LogP contribution in [0.3, 0.4) is 0 Å². The van der Waals surface area contributed by atoms with Crippen molar-refractivity contribution < 1.29 is 17.9 Å². The number of rotatable bonds is 4. The molecule has 2 rings (SSSR count). The summed E-state index contributed by atoms with van der Waals surface area (Å²) >= 11 is 1.37. The van der Waals surface area contributed by atoms with Gasteiger partial charge in [0.2, 0.25) is 0 Å². The molecular weight excluding hydrogens is 291 g/mol. The molecule has 0 amide bonds. The Hall–Kier alpha value is -1.83. The molecule has 0 spiro atoms. The third-order valence-electron chi connectivity index (χ3n) is 2.21. The number of thioether (sulfide) groups is 1. The van der Waals surface area contributed by atoms with E-state index in [-0.39, 0.29) is 5.75 Å². The van der Waals surface area contributed by atoms with Crippen LogP contribution in [0.4, 0.5) is 13.2 Å². The summed E-state index contributed by atoms with van der Waals surface area (Å²) in [4.78, 5) is 12.3. The molecule has 0 bridgehead atoms. The van der Waals surface area contributed by atoms with Crippen molar-refractivity contribution in [2.45, 2.75) is 11.3 Å². The lowest BCUT2D eigenvalue weighted by Gasteiger charge is -2.09. The maximum atomic E-state index is 12.1. The normalized spacial score (nSPS) is 11.4. The first kappa shape index (κ1) is 14.6. The first-order valence-electron chi connectivity index (χ1n) is 5.51. The van der Waals surface area contributed by atoms with Gasteiger partial charge in [0.1, 0.15) is 5.75 Å². The molecule has 2 aromatic rings. The van der Waals surface area contributed by atoms with Crippen molar-refractivity contribution >= 4 is 11.8 Å². The van der Waals surface area contributed by atoms with Gasteiger partial charge in [-0.05, 0) is 18.4 Å². The Balaban J connectivity index is 2.20. The van der Waals surface area contributed by atoms with Gasteiger partial charge in [0.25, 0.3) is 0 Å². The van der Waals surface area contributed by atoms with Gasteiger partial charge in [-0.25, -0.2) is 9.97 Å². The second-order valence-corrected chi connectivity index (χ2v) is 4.48. The summed E-state index contributed by atoms with van der Waals surface area (Å²) in [7, 11) is 0. The first-order valence-corrected chi connectivity index (χ1v) is 6.73. The highest BCUT2D eigenvalue weighted by molar-refractivity contribution is 7.98. The van der Waals surface area contributed by atoms with Crippen LogP contribution in [0.2, 0.25) is 0 Å². The molecule has 106 valence electrons. The van der Waals surface area contributed by atoms with Gasteiger partial charge in [0, 0.05) is 18.5 Å². The molecule has 2 aromatic heterocycles. The third-order valence-corrected chi connectivity index (χ3v) is 2.77. The van der Waals surface area contributed by atoms with Crippen molar-refractivity contribution in [1.82, 2.24) is 15.0 Å². The second-order valence-electron chi connectivity index (χ2n) is 3.71. The molecule has 0 atom stereocenters. The van der Waals surface area contributed by atoms with Crippen LogP contribution in [0.5, 0.6) is 5.75 Å². The van der Waals surface area contributed by atoms with E-state index in [1.54, 1.807) is 12.3 Å². The summed E-state index contributed by atoms with van der Waals surface area (Å²) in [5.41, 5.74) is 0.962. The van der Waals surface area contributed by atoms with E-state index < -0.39 is 12.8 Å². The number of alkyl halides is 3. The van der Waals surface area contributed by atoms with Crippen molar-refractivity contribution in [3.63, 3.8) is 0 Å². The highest BCUT2D eigenvalue weighted by atomic mass is 32.2. The standard InChI is InChI=1S/C12H10F3N3OS/c1-20-11-17-5-3-9(18-11)10-6-8(2-4-16-10)19-7-12(13,14)15/h2-6H,7H2,1H3. The van der Waals surface area contributed by atoms with Crippen molar-refractivity contribution in [2.24, 2.45) is 0 Å². The fourth-order valence-electron chi connectivity index (χ4n) is 1.39. The molecular formula is C12H10F3N3OS. The van der Waals surface area contributed by atoms with E-state index in [1.807, 2.05) is 6.26 Å². The van der Waals surface area contributed by atoms with Crippen LogP contribution in [0.15, 0.2) is 35.7 Å². The van der Waals surface area contributed by atoms with E-state index in [0.29, 0.717) is 16.5 Å². The molecule has 0 aliphatic heterocycles. The minimum atomic E-state index is -4.37. The molecule has 20 heavy (non-hydrogen) atoms. The van der Waals surface area contributed by atoms with Crippen molar-refractivity contribution in [2.75, 3.05) is 12.9 Å². The van der Waals surface area contributed by atoms with E-state index >= 15 is 0 Å². The highest BCUT2D eigenvalue weighted by Gasteiger charge is 2.28. The number of hydrogen-bond acceptors (Lipinski definition) is 5. The fraction of sp³-hybridized carbons (Fsp3) is 0.250. The Kier molecular flexibility index (Phi) is 4.43. The second kappa shape index (κ2) is 6.08. The predicted molar refractivity (Wildman–Crippen MR) is 68.6 cm³/mol. The average Bonchev–Trinajstić information content (AvgIpc) is 2.45. The van der Waals surface area contributed by atoms with E-state index in [1.165, 1.54) is 30.1 Å². The minimum absolute atomic E-state index is 0.0941. The highest BCUT2D eigenvalue weighted by Crippen LogP contribution is 2.23. The molecule has 8 heteroatoms. The Bertz CT molecular complexity index is 592. The SMILES string of the molecule is CSc1nccc(-c2cc(OCC(F)(F)F)ccn2)n1. The van der Waals surface area contributed by atoms with Gasteiger partial charge in [-0.3, -0.25) is 4.98 Å². The summed E-state index contributed by atoms with van der Waals surface area (Å²) in [6, 6.07) is 4.42. The molecule has 0 N–H and O–H groups in total. The number of halogens is 3. The topological polar surface area (TPSA) is 47.9 Å². The number of aromatic nitrogens is 3. The molecule has 0 saturated carbocycles. The lowest BCUT2D eigenvalue weighted by atomic mass is 10.2. The lowest BCUT2D eigenvalue weighted by molar-refractivity contribution is -0.153. The number of ether oxygens (including phenoxy) is 1. The van der Waals surface area contributed by atoms with Crippen molar-refractivity contribution in [3.8, 4) is 17.1 Å². The summed E-state index contributed by atoms with van der Waals surface area (Å²) < 4.78 is 41.0. The molecule has 0 fully saturated rings. The minimum Gasteiger partial charge on any atom is -0.484 e. The molecule has 0 aliphatic carbocycles. The fourth-order valence-corrected chi connectivity index (χ4v) is 1.74. The molecule has 0 aliphatic rings. The zero-order valence-electron chi connectivity index (χ0n) is 10.4. The van der Waals surface area contributed by atoms with Gasteiger partial charge >= 0.3 is 6.18 Å². The van der Waals surface area contributed by atoms with Gasteiger partial charge in [0.05, 0.1) is 11.4 Å². The summed E-state index contributed by atoms with van der Waals surface area (Å²) in [5, 5.41) is 0.561. The summed E-state index contributed by atoms with van der Waals surface area (Å²) in [5.74, 6) is 0.0941. The summed E-state index contributed by atoms with van der Waals surface area (Å²) in [6.07, 6.45) is 0.404. The van der Waals surface area contributed by atoms with Crippen LogP contribution >= 0.6 is 11.8 Å². The lowest BCUT2D eigenvalue weighted by Crippen LogP contribution is -2.19. The Labute approximate surface area is 117 Å². The molecule has 0 unspecified atom stereocenters. The maximum absolute atomic E-state index is 12.1. The van der Waals surface area contributed by atoms with Gasteiger partial charge in [-0.15, -0.1) is 0 Å². The molecule has 0 radical (unpaired) electrons. The number of hydrogen-bond donors (Lipinski definition) is 0. The van der Waals surface area contributed by atoms with E-state index in [9.17, 15) is 13.2 Å². The first-order chi connectivity index (χ1) is 9.48. The largest absolute Gasteiger partial charge is 0.484 e. The zero-order valence-corrected chi connectivity index (χ0v) is 11.2. The van der Waals surface area contributed by atoms with E-state index in [4.69, 9.17) is 0 Å². The summed E-state index contributed by atoms with van der Waals surface area (Å²) in [6.45, 7) is -1.34. The quantitative estimate of drug-likeness (QED) is 0.641. The number of pyridine rings is 1. The van der Waals surface area contributed by atoms with Gasteiger partial charge in [-0.2, -0.15) is 13.2 Å². The molecule has 2 heterocycles. The van der Waals surface area contributed by atoms with E-state index in [0.717, 1.165) is 0 Å². The Morgan fingerprint density at radius 1 is 1.15 bits per heavy atom. The number of nitrogens with zero attached hydrogens (tertiary/aromatic N) is 3. The van der Waals surface area contributed by atoms with Crippen LogP contribution in [0.1, 0.15) is 0 Å². The van der Waals surface area contributed by atoms with Gasteiger partial charge in [0.15, 0.2) is 11.8 Å².